The Morgan fingerprint density at radius 3 is 1.95 bits per heavy atom. The van der Waals surface area contributed by atoms with Gasteiger partial charge in [0.2, 0.25) is 11.6 Å². The molecule has 0 bridgehead atoms. The molecule has 5 aromatic rings. The summed E-state index contributed by atoms with van der Waals surface area (Å²) >= 11 is 0. The molecule has 16 nitrogen and oxygen atoms in total. The number of nitrogens with zero attached hydrogens (tertiary/aromatic N) is 4. The molecule has 0 saturated heterocycles. The van der Waals surface area contributed by atoms with Gasteiger partial charge in [0.05, 0.1) is 28.3 Å². The van der Waals surface area contributed by atoms with E-state index in [1.54, 1.807) is 78.9 Å². The molecule has 0 amide bonds. The van der Waals surface area contributed by atoms with E-state index in [0.29, 0.717) is 17.1 Å². The molecule has 0 radical (unpaired) electrons. The lowest BCUT2D eigenvalue weighted by Gasteiger charge is -2.20. The van der Waals surface area contributed by atoms with E-state index < -0.39 is 52.9 Å². The van der Waals surface area contributed by atoms with E-state index in [9.17, 15) is 35.5 Å². The van der Waals surface area contributed by atoms with Crippen molar-refractivity contribution in [2.75, 3.05) is 21.9 Å². The number of nitrogens with one attached hydrogen (secondary N) is 3. The fraction of sp³-hybridized carbons (Fsp3) is 0.0244. The summed E-state index contributed by atoms with van der Waals surface area (Å²) in [6, 6.07) is 30.6. The molecule has 0 aromatic heterocycles. The number of aryl methyl sites for hydroxylation is 1. The van der Waals surface area contributed by atoms with Gasteiger partial charge in [0.25, 0.3) is 20.2 Å². The standard InChI is InChI=1S/C41H32N8O8S2/c1-24-7-5-6-10-32(24)43-31-19-20-33(34(50)23-31)47-44-29-15-11-25(12-16-29)26-13-17-30(18-14-26)46-48-39-35(58(52,53)54)21-27-22-36(59(55,56)57)40(41(51)37(27)38(39)42)49-45-28-8-3-2-4-9-28/h2-23,43-45H,42H2,1H3,(H,52,53,54)(H,55,56,57). The number of nitrogens with two attached hydrogens (primary N) is 1. The van der Waals surface area contributed by atoms with Crippen molar-refractivity contribution in [3.05, 3.63) is 155 Å². The molecule has 2 aliphatic carbocycles. The molecule has 2 aliphatic rings. The Bertz CT molecular complexity index is 2940. The SMILES string of the molecule is Cc1ccccc1NC1=CC(=O)C(=NNc2ccc(-c3ccc(N=Nc4c(S(=O)(=O)O)cc5c(c4N)C(=O)C(=NNc4ccccc4)C(S(=O)(=O)O)=C5)cc3)cc2)C=C1. The molecule has 0 spiro atoms. The van der Waals surface area contributed by atoms with Gasteiger partial charge < -0.3 is 11.1 Å². The maximum atomic E-state index is 13.7. The Balaban J connectivity index is 1.08. The van der Waals surface area contributed by atoms with Gasteiger partial charge in [-0.25, -0.2) is 0 Å². The van der Waals surface area contributed by atoms with Gasteiger partial charge in [0.15, 0.2) is 5.71 Å². The Morgan fingerprint density at radius 2 is 1.31 bits per heavy atom. The lowest BCUT2D eigenvalue weighted by atomic mass is 9.92. The van der Waals surface area contributed by atoms with Crippen LogP contribution in [-0.2, 0) is 25.0 Å². The first-order valence-corrected chi connectivity index (χ1v) is 20.3. The van der Waals surface area contributed by atoms with Crippen LogP contribution in [-0.4, -0.2) is 48.9 Å². The van der Waals surface area contributed by atoms with Crippen molar-refractivity contribution in [2.24, 2.45) is 20.4 Å². The fourth-order valence-electron chi connectivity index (χ4n) is 5.97. The van der Waals surface area contributed by atoms with Crippen LogP contribution in [0.15, 0.2) is 163 Å². The highest BCUT2D eigenvalue weighted by Crippen LogP contribution is 2.41. The van der Waals surface area contributed by atoms with Gasteiger partial charge in [-0.15, -0.1) is 5.11 Å². The third-order valence-electron chi connectivity index (χ3n) is 8.96. The molecule has 0 saturated carbocycles. The number of carbonyl (C=O) groups excluding carboxylic acids is 2. The van der Waals surface area contributed by atoms with Crippen LogP contribution < -0.4 is 21.9 Å². The number of rotatable bonds is 11. The van der Waals surface area contributed by atoms with Crippen LogP contribution >= 0.6 is 0 Å². The number of para-hydroxylation sites is 2. The Labute approximate surface area is 337 Å². The zero-order valence-electron chi connectivity index (χ0n) is 30.7. The first kappa shape index (κ1) is 39.8. The van der Waals surface area contributed by atoms with Gasteiger partial charge in [-0.3, -0.25) is 29.5 Å². The monoisotopic (exact) mass is 828 g/mol. The van der Waals surface area contributed by atoms with Crippen molar-refractivity contribution in [1.29, 1.82) is 0 Å². The maximum absolute atomic E-state index is 13.7. The molecule has 7 rings (SSSR count). The molecule has 18 heteroatoms. The number of hydrazone groups is 2. The van der Waals surface area contributed by atoms with Gasteiger partial charge in [0, 0.05) is 17.5 Å². The third kappa shape index (κ3) is 8.95. The van der Waals surface area contributed by atoms with Crippen molar-refractivity contribution < 1.29 is 35.5 Å². The number of benzene rings is 5. The summed E-state index contributed by atoms with van der Waals surface area (Å²) in [5.74, 6) is -1.34. The van der Waals surface area contributed by atoms with Crippen molar-refractivity contribution in [2.45, 2.75) is 11.8 Å². The number of azo groups is 1. The van der Waals surface area contributed by atoms with Crippen LogP contribution in [0.3, 0.4) is 0 Å². The Morgan fingerprint density at radius 1 is 0.678 bits per heavy atom. The lowest BCUT2D eigenvalue weighted by Crippen LogP contribution is -2.28. The predicted octanol–water partition coefficient (Wildman–Crippen LogP) is 7.70. The topological polar surface area (TPSA) is 254 Å². The van der Waals surface area contributed by atoms with Gasteiger partial charge in [-0.05, 0) is 95.9 Å². The average molecular weight is 829 g/mol. The number of carbonyl (C=O) groups is 2. The largest absolute Gasteiger partial charge is 0.396 e. The zero-order valence-corrected chi connectivity index (χ0v) is 32.4. The van der Waals surface area contributed by atoms with Crippen LogP contribution in [0.5, 0.6) is 0 Å². The number of ketones is 2. The predicted molar refractivity (Wildman–Crippen MR) is 226 cm³/mol. The summed E-state index contributed by atoms with van der Waals surface area (Å²) in [5, 5.41) is 19.5. The first-order chi connectivity index (χ1) is 28.2. The van der Waals surface area contributed by atoms with Gasteiger partial charge in [-0.2, -0.15) is 32.2 Å². The number of nitrogen functional groups attached to an aromatic ring is 1. The molecule has 0 aliphatic heterocycles. The number of hydrogen-bond acceptors (Lipinski definition) is 14. The van der Waals surface area contributed by atoms with Gasteiger partial charge in [-0.1, -0.05) is 60.7 Å². The number of fused-ring (bicyclic) bond motifs is 1. The smallest absolute Gasteiger partial charge is 0.296 e. The van der Waals surface area contributed by atoms with Gasteiger partial charge in [0.1, 0.15) is 21.2 Å². The molecule has 0 fully saturated rings. The highest BCUT2D eigenvalue weighted by atomic mass is 32.2. The van der Waals surface area contributed by atoms with Crippen LogP contribution in [0.1, 0.15) is 21.5 Å². The quantitative estimate of drug-likeness (QED) is 0.0246. The van der Waals surface area contributed by atoms with E-state index >= 15 is 0 Å². The summed E-state index contributed by atoms with van der Waals surface area (Å²) < 4.78 is 69.6. The van der Waals surface area contributed by atoms with E-state index in [2.05, 4.69) is 36.6 Å². The fourth-order valence-corrected chi connectivity index (χ4v) is 7.30. The Hall–Kier alpha value is -7.38. The van der Waals surface area contributed by atoms with E-state index in [0.717, 1.165) is 34.5 Å². The van der Waals surface area contributed by atoms with E-state index in [-0.39, 0.29) is 28.3 Å². The minimum atomic E-state index is -5.07. The summed E-state index contributed by atoms with van der Waals surface area (Å²) in [4.78, 5) is 24.6. The van der Waals surface area contributed by atoms with Crippen LogP contribution in [0.25, 0.3) is 17.2 Å². The maximum Gasteiger partial charge on any atom is 0.296 e. The second kappa shape index (κ2) is 16.2. The summed E-state index contributed by atoms with van der Waals surface area (Å²) in [6.07, 6.45) is 5.69. The summed E-state index contributed by atoms with van der Waals surface area (Å²) in [6.45, 7) is 1.97. The molecule has 0 heterocycles. The molecule has 0 unspecified atom stereocenters. The van der Waals surface area contributed by atoms with Crippen LogP contribution in [0, 0.1) is 6.92 Å². The number of Topliss-reactive ketones (excluding diaryl/α,β-unsaturated/α-hetero) is 1. The highest BCUT2D eigenvalue weighted by molar-refractivity contribution is 7.91. The van der Waals surface area contributed by atoms with Crippen molar-refractivity contribution in [3.63, 3.8) is 0 Å². The van der Waals surface area contributed by atoms with Crippen LogP contribution in [0.4, 0.5) is 34.1 Å². The Kier molecular flexibility index (Phi) is 11.0. The lowest BCUT2D eigenvalue weighted by molar-refractivity contribution is -0.108. The van der Waals surface area contributed by atoms with E-state index in [1.165, 1.54) is 6.08 Å². The molecule has 59 heavy (non-hydrogen) atoms. The number of anilines is 4. The van der Waals surface area contributed by atoms with E-state index in [1.807, 2.05) is 43.3 Å². The van der Waals surface area contributed by atoms with E-state index in [4.69, 9.17) is 5.73 Å². The van der Waals surface area contributed by atoms with Crippen molar-refractivity contribution >= 4 is 83.4 Å². The molecular weight excluding hydrogens is 797 g/mol. The third-order valence-corrected chi connectivity index (χ3v) is 10.7. The second-order valence-corrected chi connectivity index (χ2v) is 15.8. The molecular formula is C41H32N8O8S2. The van der Waals surface area contributed by atoms with Gasteiger partial charge >= 0.3 is 0 Å². The van der Waals surface area contributed by atoms with Crippen LogP contribution in [0.2, 0.25) is 0 Å². The minimum Gasteiger partial charge on any atom is -0.396 e. The minimum absolute atomic E-state index is 0.236. The number of hydrogen-bond donors (Lipinski definition) is 6. The van der Waals surface area contributed by atoms with Crippen molar-refractivity contribution in [1.82, 2.24) is 0 Å². The number of allylic oxidation sites excluding steroid dienone is 4. The normalized spacial score (nSPS) is 15.6. The first-order valence-electron chi connectivity index (χ1n) is 17.5. The molecule has 296 valence electrons. The molecule has 0 atom stereocenters. The zero-order chi connectivity index (χ0) is 41.9. The average Bonchev–Trinajstić information content (AvgIpc) is 3.20. The summed E-state index contributed by atoms with van der Waals surface area (Å²) in [7, 11) is -10.1. The second-order valence-electron chi connectivity index (χ2n) is 13.0. The molecule has 7 N–H and O–H groups in total. The van der Waals surface area contributed by atoms with Crippen molar-refractivity contribution in [3.8, 4) is 11.1 Å². The summed E-state index contributed by atoms with van der Waals surface area (Å²) in [5.41, 5.74) is 14.8. The highest BCUT2D eigenvalue weighted by Gasteiger charge is 2.37. The molecule has 5 aromatic carbocycles.